The Bertz CT molecular complexity index is 635. The number of ether oxygens (including phenoxy) is 2. The van der Waals surface area contributed by atoms with Gasteiger partial charge in [0.1, 0.15) is 11.3 Å². The molecule has 0 heterocycles. The second kappa shape index (κ2) is 6.21. The van der Waals surface area contributed by atoms with Crippen molar-refractivity contribution >= 4 is 23.5 Å². The van der Waals surface area contributed by atoms with Crippen molar-refractivity contribution in [2.75, 3.05) is 7.11 Å². The molecule has 0 aromatic heterocycles. The number of esters is 2. The number of halogens is 1. The molecule has 20 heavy (non-hydrogen) atoms. The van der Waals surface area contributed by atoms with E-state index in [2.05, 4.69) is 4.74 Å². The van der Waals surface area contributed by atoms with Crippen molar-refractivity contribution in [2.45, 2.75) is 0 Å². The Kier molecular flexibility index (Phi) is 4.38. The van der Waals surface area contributed by atoms with E-state index in [1.807, 2.05) is 0 Å². The van der Waals surface area contributed by atoms with Gasteiger partial charge in [-0.15, -0.1) is 0 Å². The number of hydrogen-bond acceptors (Lipinski definition) is 4. The molecule has 2 rings (SSSR count). The van der Waals surface area contributed by atoms with E-state index in [1.165, 1.54) is 19.2 Å². The Morgan fingerprint density at radius 3 is 2.25 bits per heavy atom. The van der Waals surface area contributed by atoms with E-state index < -0.39 is 11.9 Å². The van der Waals surface area contributed by atoms with E-state index in [0.717, 1.165) is 0 Å². The molecule has 2 aromatic rings. The second-order valence-corrected chi connectivity index (χ2v) is 4.32. The first-order valence-corrected chi connectivity index (χ1v) is 6.14. The van der Waals surface area contributed by atoms with Crippen molar-refractivity contribution in [3.05, 3.63) is 64.7 Å². The molecule has 0 aliphatic heterocycles. The highest BCUT2D eigenvalue weighted by atomic mass is 35.5. The van der Waals surface area contributed by atoms with Gasteiger partial charge in [-0.05, 0) is 36.4 Å². The molecule has 0 aliphatic carbocycles. The molecule has 0 spiro atoms. The van der Waals surface area contributed by atoms with Crippen LogP contribution < -0.4 is 4.74 Å². The zero-order valence-corrected chi connectivity index (χ0v) is 11.4. The van der Waals surface area contributed by atoms with E-state index in [9.17, 15) is 9.59 Å². The predicted octanol–water partition coefficient (Wildman–Crippen LogP) is 3.35. The Hall–Kier alpha value is -2.33. The maximum absolute atomic E-state index is 12.0. The van der Waals surface area contributed by atoms with Gasteiger partial charge in [0, 0.05) is 5.02 Å². The van der Waals surface area contributed by atoms with Crippen LogP contribution in [0, 0.1) is 0 Å². The monoisotopic (exact) mass is 290 g/mol. The maximum Gasteiger partial charge on any atom is 0.343 e. The molecular weight excluding hydrogens is 280 g/mol. The number of hydrogen-bond donors (Lipinski definition) is 0. The van der Waals surface area contributed by atoms with Crippen LogP contribution in [0.1, 0.15) is 20.7 Å². The molecule has 0 saturated carbocycles. The van der Waals surface area contributed by atoms with Crippen LogP contribution in [0.2, 0.25) is 5.02 Å². The number of methoxy groups -OCH3 is 1. The Balaban J connectivity index is 2.24. The lowest BCUT2D eigenvalue weighted by Crippen LogP contribution is -2.12. The lowest BCUT2D eigenvalue weighted by molar-refractivity contribution is 0.0593. The van der Waals surface area contributed by atoms with Crippen molar-refractivity contribution < 1.29 is 19.1 Å². The summed E-state index contributed by atoms with van der Waals surface area (Å²) >= 11 is 5.75. The Morgan fingerprint density at radius 1 is 0.950 bits per heavy atom. The van der Waals surface area contributed by atoms with Crippen molar-refractivity contribution in [1.82, 2.24) is 0 Å². The van der Waals surface area contributed by atoms with Gasteiger partial charge in [0.05, 0.1) is 12.7 Å². The van der Waals surface area contributed by atoms with Crippen LogP contribution in [0.5, 0.6) is 5.75 Å². The van der Waals surface area contributed by atoms with Gasteiger partial charge in [-0.2, -0.15) is 0 Å². The van der Waals surface area contributed by atoms with E-state index >= 15 is 0 Å². The van der Waals surface area contributed by atoms with Crippen LogP contribution in [0.4, 0.5) is 0 Å². The molecule has 0 saturated heterocycles. The van der Waals surface area contributed by atoms with Gasteiger partial charge in [-0.25, -0.2) is 9.59 Å². The lowest BCUT2D eigenvalue weighted by atomic mass is 10.2. The highest BCUT2D eigenvalue weighted by Gasteiger charge is 2.16. The van der Waals surface area contributed by atoms with E-state index in [-0.39, 0.29) is 11.3 Å². The lowest BCUT2D eigenvalue weighted by Gasteiger charge is -2.08. The van der Waals surface area contributed by atoms with E-state index in [0.29, 0.717) is 10.6 Å². The predicted molar refractivity (Wildman–Crippen MR) is 74.2 cm³/mol. The van der Waals surface area contributed by atoms with Gasteiger partial charge >= 0.3 is 11.9 Å². The molecule has 0 radical (unpaired) electrons. The minimum absolute atomic E-state index is 0.152. The minimum atomic E-state index is -0.571. The largest absolute Gasteiger partial charge is 0.465 e. The summed E-state index contributed by atoms with van der Waals surface area (Å²) in [5.74, 6) is -0.984. The summed E-state index contributed by atoms with van der Waals surface area (Å²) in [5.41, 5.74) is 0.534. The average molecular weight is 291 g/mol. The molecule has 0 atom stereocenters. The third-order valence-corrected chi connectivity index (χ3v) is 2.83. The maximum atomic E-state index is 12.0. The second-order valence-electron chi connectivity index (χ2n) is 3.88. The quantitative estimate of drug-likeness (QED) is 0.642. The smallest absolute Gasteiger partial charge is 0.343 e. The van der Waals surface area contributed by atoms with Gasteiger partial charge < -0.3 is 9.47 Å². The zero-order valence-electron chi connectivity index (χ0n) is 10.6. The summed E-state index contributed by atoms with van der Waals surface area (Å²) in [7, 11) is 1.26. The molecule has 0 amide bonds. The van der Waals surface area contributed by atoms with Gasteiger partial charge in [0.2, 0.25) is 0 Å². The fourth-order valence-corrected chi connectivity index (χ4v) is 1.70. The molecule has 0 bridgehead atoms. The first kappa shape index (κ1) is 14.1. The van der Waals surface area contributed by atoms with Gasteiger partial charge in [-0.1, -0.05) is 23.7 Å². The highest BCUT2D eigenvalue weighted by Crippen LogP contribution is 2.20. The van der Waals surface area contributed by atoms with Crippen LogP contribution in [-0.4, -0.2) is 19.0 Å². The van der Waals surface area contributed by atoms with Crippen LogP contribution in [0.25, 0.3) is 0 Å². The molecule has 2 aromatic carbocycles. The summed E-state index contributed by atoms with van der Waals surface area (Å²) in [6.07, 6.45) is 0. The van der Waals surface area contributed by atoms with Crippen LogP contribution in [-0.2, 0) is 4.74 Å². The topological polar surface area (TPSA) is 52.6 Å². The summed E-state index contributed by atoms with van der Waals surface area (Å²) in [4.78, 5) is 23.5. The first-order chi connectivity index (χ1) is 9.61. The van der Waals surface area contributed by atoms with Crippen LogP contribution in [0.15, 0.2) is 48.5 Å². The van der Waals surface area contributed by atoms with Crippen LogP contribution in [0.3, 0.4) is 0 Å². The molecule has 0 fully saturated rings. The Morgan fingerprint density at radius 2 is 1.60 bits per heavy atom. The molecule has 0 unspecified atom stereocenters. The standard InChI is InChI=1S/C15H11ClO4/c1-19-15(18)12-4-2-3-5-13(12)20-14(17)10-6-8-11(16)9-7-10/h2-9H,1H3. The number of benzene rings is 2. The van der Waals surface area contributed by atoms with Gasteiger partial charge in [-0.3, -0.25) is 0 Å². The molecule has 102 valence electrons. The van der Waals surface area contributed by atoms with Crippen molar-refractivity contribution in [1.29, 1.82) is 0 Å². The van der Waals surface area contributed by atoms with Crippen molar-refractivity contribution in [3.63, 3.8) is 0 Å². The Labute approximate surface area is 120 Å². The third kappa shape index (κ3) is 3.16. The number of carbonyl (C=O) groups is 2. The highest BCUT2D eigenvalue weighted by molar-refractivity contribution is 6.30. The average Bonchev–Trinajstić information content (AvgIpc) is 2.47. The van der Waals surface area contributed by atoms with E-state index in [1.54, 1.807) is 36.4 Å². The molecule has 0 N–H and O–H groups in total. The van der Waals surface area contributed by atoms with Crippen LogP contribution >= 0.6 is 11.6 Å². The fraction of sp³-hybridized carbons (Fsp3) is 0.0667. The normalized spacial score (nSPS) is 9.90. The minimum Gasteiger partial charge on any atom is -0.465 e. The van der Waals surface area contributed by atoms with E-state index in [4.69, 9.17) is 16.3 Å². The number of rotatable bonds is 3. The summed E-state index contributed by atoms with van der Waals surface area (Å²) in [6.45, 7) is 0. The van der Waals surface area contributed by atoms with Crippen molar-refractivity contribution in [2.24, 2.45) is 0 Å². The summed E-state index contributed by atoms with van der Waals surface area (Å²) in [5, 5.41) is 0.525. The van der Waals surface area contributed by atoms with Gasteiger partial charge in [0.15, 0.2) is 0 Å². The summed E-state index contributed by atoms with van der Waals surface area (Å²) in [6, 6.07) is 12.6. The molecular formula is C15H11ClO4. The number of para-hydroxylation sites is 1. The molecule has 5 heteroatoms. The zero-order chi connectivity index (χ0) is 14.5. The molecule has 0 aliphatic rings. The summed E-state index contributed by atoms with van der Waals surface area (Å²) < 4.78 is 9.84. The fourth-order valence-electron chi connectivity index (χ4n) is 1.58. The third-order valence-electron chi connectivity index (χ3n) is 2.57. The van der Waals surface area contributed by atoms with Crippen molar-refractivity contribution in [3.8, 4) is 5.75 Å². The number of carbonyl (C=O) groups excluding carboxylic acids is 2. The molecule has 4 nitrogen and oxygen atoms in total. The van der Waals surface area contributed by atoms with Gasteiger partial charge in [0.25, 0.3) is 0 Å². The first-order valence-electron chi connectivity index (χ1n) is 5.77. The SMILES string of the molecule is COC(=O)c1ccccc1OC(=O)c1ccc(Cl)cc1.